The third-order valence-corrected chi connectivity index (χ3v) is 5.03. The minimum atomic E-state index is 0.320. The molecular formula is C17H38N2. The molecular weight excluding hydrogens is 232 g/mol. The van der Waals surface area contributed by atoms with Crippen LogP contribution in [0.15, 0.2) is 0 Å². The summed E-state index contributed by atoms with van der Waals surface area (Å²) in [6.45, 7) is 16.3. The zero-order valence-electron chi connectivity index (χ0n) is 14.6. The Balaban J connectivity index is 5.07. The molecule has 0 rings (SSSR count). The Kier molecular flexibility index (Phi) is 9.72. The van der Waals surface area contributed by atoms with Gasteiger partial charge in [0.1, 0.15) is 0 Å². The first-order valence-corrected chi connectivity index (χ1v) is 8.48. The van der Waals surface area contributed by atoms with Gasteiger partial charge in [-0.25, -0.2) is 0 Å². The van der Waals surface area contributed by atoms with Crippen molar-refractivity contribution >= 4 is 0 Å². The summed E-state index contributed by atoms with van der Waals surface area (Å²) in [6.07, 6.45) is 6.40. The standard InChI is InChI=1S/C17H38N2/c1-8-13-15(6)14-16(18-7)17(9-2,10-3)19(11-4)12-5/h15-16,18H,8-14H2,1-7H3. The van der Waals surface area contributed by atoms with Crippen LogP contribution >= 0.6 is 0 Å². The molecule has 0 amide bonds. The molecule has 0 aliphatic rings. The number of hydrogen-bond acceptors (Lipinski definition) is 2. The molecule has 0 aromatic carbocycles. The molecule has 19 heavy (non-hydrogen) atoms. The van der Waals surface area contributed by atoms with Crippen LogP contribution in [0.25, 0.3) is 0 Å². The van der Waals surface area contributed by atoms with E-state index in [1.165, 1.54) is 32.1 Å². The third kappa shape index (κ3) is 4.75. The maximum atomic E-state index is 3.64. The molecule has 0 radical (unpaired) electrons. The van der Waals surface area contributed by atoms with Crippen LogP contribution in [0, 0.1) is 5.92 Å². The van der Waals surface area contributed by atoms with E-state index < -0.39 is 0 Å². The number of hydrogen-bond donors (Lipinski definition) is 1. The summed E-state index contributed by atoms with van der Waals surface area (Å²) in [5.41, 5.74) is 0.320. The van der Waals surface area contributed by atoms with Gasteiger partial charge in [0.15, 0.2) is 0 Å². The number of rotatable bonds is 11. The van der Waals surface area contributed by atoms with E-state index in [0.29, 0.717) is 11.6 Å². The normalized spacial score (nSPS) is 15.8. The van der Waals surface area contributed by atoms with Gasteiger partial charge in [0, 0.05) is 11.6 Å². The van der Waals surface area contributed by atoms with E-state index >= 15 is 0 Å². The first kappa shape index (κ1) is 18.9. The predicted molar refractivity (Wildman–Crippen MR) is 87.8 cm³/mol. The zero-order chi connectivity index (χ0) is 14.9. The van der Waals surface area contributed by atoms with Crippen molar-refractivity contribution in [1.82, 2.24) is 10.2 Å². The summed E-state index contributed by atoms with van der Waals surface area (Å²) in [6, 6.07) is 0.601. The van der Waals surface area contributed by atoms with Crippen molar-refractivity contribution in [3.63, 3.8) is 0 Å². The second-order valence-corrected chi connectivity index (χ2v) is 5.95. The largest absolute Gasteiger partial charge is 0.315 e. The van der Waals surface area contributed by atoms with E-state index in [4.69, 9.17) is 0 Å². The average molecular weight is 271 g/mol. The van der Waals surface area contributed by atoms with Crippen molar-refractivity contribution in [3.05, 3.63) is 0 Å². The Morgan fingerprint density at radius 1 is 1.00 bits per heavy atom. The second-order valence-electron chi connectivity index (χ2n) is 5.95. The molecule has 0 aromatic rings. The van der Waals surface area contributed by atoms with Crippen molar-refractivity contribution in [2.24, 2.45) is 5.92 Å². The molecule has 0 saturated heterocycles. The van der Waals surface area contributed by atoms with E-state index in [2.05, 4.69) is 58.8 Å². The van der Waals surface area contributed by atoms with Gasteiger partial charge in [-0.1, -0.05) is 54.4 Å². The Morgan fingerprint density at radius 3 is 1.84 bits per heavy atom. The van der Waals surface area contributed by atoms with Crippen molar-refractivity contribution in [2.45, 2.75) is 85.2 Å². The fraction of sp³-hybridized carbons (Fsp3) is 1.00. The molecule has 0 heterocycles. The minimum absolute atomic E-state index is 0.320. The Hall–Kier alpha value is -0.0800. The summed E-state index contributed by atoms with van der Waals surface area (Å²) < 4.78 is 0. The summed E-state index contributed by atoms with van der Waals surface area (Å²) in [5, 5.41) is 3.64. The molecule has 2 unspecified atom stereocenters. The number of likely N-dealkylation sites (N-methyl/N-ethyl adjacent to an activating group) is 2. The maximum absolute atomic E-state index is 3.64. The number of nitrogens with zero attached hydrogens (tertiary/aromatic N) is 1. The number of nitrogens with one attached hydrogen (secondary N) is 1. The smallest absolute Gasteiger partial charge is 0.0357 e. The molecule has 0 saturated carbocycles. The molecule has 0 aliphatic heterocycles. The van der Waals surface area contributed by atoms with Crippen molar-refractivity contribution in [3.8, 4) is 0 Å². The van der Waals surface area contributed by atoms with Crippen LogP contribution in [-0.4, -0.2) is 36.6 Å². The fourth-order valence-corrected chi connectivity index (χ4v) is 3.88. The van der Waals surface area contributed by atoms with Crippen molar-refractivity contribution in [1.29, 1.82) is 0 Å². The van der Waals surface area contributed by atoms with Crippen LogP contribution in [-0.2, 0) is 0 Å². The van der Waals surface area contributed by atoms with Gasteiger partial charge in [-0.05, 0) is 45.3 Å². The molecule has 116 valence electrons. The molecule has 0 bridgehead atoms. The topological polar surface area (TPSA) is 15.3 Å². The highest BCUT2D eigenvalue weighted by Crippen LogP contribution is 2.32. The first-order chi connectivity index (χ1) is 9.05. The molecule has 2 atom stereocenters. The summed E-state index contributed by atoms with van der Waals surface area (Å²) in [4.78, 5) is 2.67. The minimum Gasteiger partial charge on any atom is -0.315 e. The molecule has 0 fully saturated rings. The molecule has 2 nitrogen and oxygen atoms in total. The third-order valence-electron chi connectivity index (χ3n) is 5.03. The summed E-state index contributed by atoms with van der Waals surface area (Å²) in [7, 11) is 2.15. The highest BCUT2D eigenvalue weighted by atomic mass is 15.2. The van der Waals surface area contributed by atoms with Crippen LogP contribution < -0.4 is 5.32 Å². The Morgan fingerprint density at radius 2 is 1.53 bits per heavy atom. The zero-order valence-corrected chi connectivity index (χ0v) is 14.6. The van der Waals surface area contributed by atoms with Crippen LogP contribution in [0.3, 0.4) is 0 Å². The van der Waals surface area contributed by atoms with Crippen LogP contribution in [0.2, 0.25) is 0 Å². The molecule has 0 aromatic heterocycles. The highest BCUT2D eigenvalue weighted by molar-refractivity contribution is 4.98. The van der Waals surface area contributed by atoms with Gasteiger partial charge in [0.25, 0.3) is 0 Å². The lowest BCUT2D eigenvalue weighted by Gasteiger charge is -2.48. The lowest BCUT2D eigenvalue weighted by Crippen LogP contribution is -2.60. The highest BCUT2D eigenvalue weighted by Gasteiger charge is 2.39. The molecule has 2 heteroatoms. The monoisotopic (exact) mass is 270 g/mol. The molecule has 0 aliphatic carbocycles. The van der Waals surface area contributed by atoms with Gasteiger partial charge in [0.2, 0.25) is 0 Å². The lowest BCUT2D eigenvalue weighted by molar-refractivity contribution is 0.0431. The van der Waals surface area contributed by atoms with E-state index in [9.17, 15) is 0 Å². The van der Waals surface area contributed by atoms with E-state index in [1.54, 1.807) is 0 Å². The summed E-state index contributed by atoms with van der Waals surface area (Å²) >= 11 is 0. The Labute approximate surface area is 122 Å². The molecule has 0 spiro atoms. The van der Waals surface area contributed by atoms with Gasteiger partial charge in [-0.15, -0.1) is 0 Å². The average Bonchev–Trinajstić information content (AvgIpc) is 2.43. The van der Waals surface area contributed by atoms with Crippen molar-refractivity contribution < 1.29 is 0 Å². The first-order valence-electron chi connectivity index (χ1n) is 8.48. The predicted octanol–water partition coefficient (Wildman–Crippen LogP) is 4.30. The Bertz CT molecular complexity index is 207. The van der Waals surface area contributed by atoms with Gasteiger partial charge in [0.05, 0.1) is 0 Å². The van der Waals surface area contributed by atoms with E-state index in [1.807, 2.05) is 0 Å². The van der Waals surface area contributed by atoms with Gasteiger partial charge < -0.3 is 5.32 Å². The second kappa shape index (κ2) is 9.77. The van der Waals surface area contributed by atoms with Crippen LogP contribution in [0.4, 0.5) is 0 Å². The molecule has 1 N–H and O–H groups in total. The van der Waals surface area contributed by atoms with Crippen molar-refractivity contribution in [2.75, 3.05) is 20.1 Å². The van der Waals surface area contributed by atoms with E-state index in [0.717, 1.165) is 19.0 Å². The SMILES string of the molecule is CCCC(C)CC(NC)C(CC)(CC)N(CC)CC. The maximum Gasteiger partial charge on any atom is 0.0357 e. The fourth-order valence-electron chi connectivity index (χ4n) is 3.88. The van der Waals surface area contributed by atoms with Crippen LogP contribution in [0.5, 0.6) is 0 Å². The van der Waals surface area contributed by atoms with Gasteiger partial charge >= 0.3 is 0 Å². The lowest BCUT2D eigenvalue weighted by atomic mass is 9.78. The summed E-state index contributed by atoms with van der Waals surface area (Å²) in [5.74, 6) is 0.815. The van der Waals surface area contributed by atoms with Gasteiger partial charge in [-0.2, -0.15) is 0 Å². The van der Waals surface area contributed by atoms with E-state index in [-0.39, 0.29) is 0 Å². The van der Waals surface area contributed by atoms with Gasteiger partial charge in [-0.3, -0.25) is 4.90 Å². The van der Waals surface area contributed by atoms with Crippen LogP contribution in [0.1, 0.15) is 73.6 Å². The quantitative estimate of drug-likeness (QED) is 0.602.